The summed E-state index contributed by atoms with van der Waals surface area (Å²) in [5, 5.41) is 2.82. The van der Waals surface area contributed by atoms with Crippen LogP contribution in [0.15, 0.2) is 40.8 Å². The van der Waals surface area contributed by atoms with Gasteiger partial charge in [0.25, 0.3) is 5.91 Å². The molecule has 0 saturated carbocycles. The first-order valence-electron chi connectivity index (χ1n) is 6.36. The fourth-order valence-corrected chi connectivity index (χ4v) is 1.86. The normalized spacial score (nSPS) is 10.4. The predicted octanol–water partition coefficient (Wildman–Crippen LogP) is 2.73. The van der Waals surface area contributed by atoms with Crippen LogP contribution in [0.5, 0.6) is 0 Å². The number of carbonyl (C=O) groups is 1. The molecule has 0 spiro atoms. The summed E-state index contributed by atoms with van der Waals surface area (Å²) in [6.45, 7) is 2.48. The van der Waals surface area contributed by atoms with Crippen LogP contribution in [0.1, 0.15) is 28.3 Å². The number of nitrogens with two attached hydrogens (primary N) is 1. The van der Waals surface area contributed by atoms with Gasteiger partial charge < -0.3 is 15.5 Å². The minimum Gasteiger partial charge on any atom is -0.456 e. The van der Waals surface area contributed by atoms with Crippen LogP contribution in [0.4, 0.5) is 5.69 Å². The first kappa shape index (κ1) is 13.4. The number of carbonyl (C=O) groups excluding carboxylic acids is 1. The van der Waals surface area contributed by atoms with Gasteiger partial charge in [0.05, 0.1) is 0 Å². The molecule has 0 atom stereocenters. The lowest BCUT2D eigenvalue weighted by Gasteiger charge is -2.06. The maximum absolute atomic E-state index is 11.9. The molecule has 19 heavy (non-hydrogen) atoms. The van der Waals surface area contributed by atoms with Gasteiger partial charge >= 0.3 is 0 Å². The summed E-state index contributed by atoms with van der Waals surface area (Å²) in [6, 6.07) is 11.2. The Balaban J connectivity index is 2.04. The minimum absolute atomic E-state index is 0.232. The lowest BCUT2D eigenvalue weighted by atomic mass is 10.1. The van der Waals surface area contributed by atoms with Gasteiger partial charge in [0.2, 0.25) is 0 Å². The molecule has 1 amide bonds. The third-order valence-electron chi connectivity index (χ3n) is 2.82. The van der Waals surface area contributed by atoms with Crippen molar-refractivity contribution in [3.05, 3.63) is 53.5 Å². The van der Waals surface area contributed by atoms with Crippen LogP contribution in [-0.2, 0) is 6.42 Å². The van der Waals surface area contributed by atoms with Crippen LogP contribution >= 0.6 is 0 Å². The molecule has 0 aliphatic carbocycles. The van der Waals surface area contributed by atoms with Gasteiger partial charge in [0.15, 0.2) is 5.76 Å². The Kier molecular flexibility index (Phi) is 4.36. The van der Waals surface area contributed by atoms with E-state index in [0.29, 0.717) is 12.3 Å². The van der Waals surface area contributed by atoms with Gasteiger partial charge in [-0.15, -0.1) is 0 Å². The molecule has 1 aromatic heterocycles. The average molecular weight is 258 g/mol. The summed E-state index contributed by atoms with van der Waals surface area (Å²) < 4.78 is 5.28. The second-order valence-corrected chi connectivity index (χ2v) is 4.46. The summed E-state index contributed by atoms with van der Waals surface area (Å²) >= 11 is 0. The summed E-state index contributed by atoms with van der Waals surface area (Å²) in [7, 11) is 0. The molecule has 4 heteroatoms. The lowest BCUT2D eigenvalue weighted by molar-refractivity contribution is 0.0995. The molecule has 2 aromatic rings. The molecule has 100 valence electrons. The van der Waals surface area contributed by atoms with Crippen molar-refractivity contribution in [2.24, 2.45) is 5.73 Å². The number of aryl methyl sites for hydroxylation is 2. The van der Waals surface area contributed by atoms with Crippen LogP contribution < -0.4 is 11.1 Å². The molecule has 3 N–H and O–H groups in total. The first-order chi connectivity index (χ1) is 9.19. The van der Waals surface area contributed by atoms with E-state index in [0.717, 1.165) is 24.3 Å². The largest absolute Gasteiger partial charge is 0.456 e. The smallest absolute Gasteiger partial charge is 0.291 e. The van der Waals surface area contributed by atoms with Gasteiger partial charge in [-0.2, -0.15) is 0 Å². The minimum atomic E-state index is -0.232. The highest BCUT2D eigenvalue weighted by Gasteiger charge is 2.10. The highest BCUT2D eigenvalue weighted by atomic mass is 16.3. The number of hydrogen-bond acceptors (Lipinski definition) is 3. The third-order valence-corrected chi connectivity index (χ3v) is 2.82. The van der Waals surface area contributed by atoms with Crippen LogP contribution in [0.3, 0.4) is 0 Å². The van der Waals surface area contributed by atoms with Crippen molar-refractivity contribution in [1.82, 2.24) is 0 Å². The van der Waals surface area contributed by atoms with Crippen molar-refractivity contribution in [1.29, 1.82) is 0 Å². The van der Waals surface area contributed by atoms with Crippen molar-refractivity contribution >= 4 is 11.6 Å². The van der Waals surface area contributed by atoms with E-state index in [-0.39, 0.29) is 5.91 Å². The molecule has 0 fully saturated rings. The van der Waals surface area contributed by atoms with E-state index >= 15 is 0 Å². The molecule has 0 unspecified atom stereocenters. The van der Waals surface area contributed by atoms with Crippen LogP contribution in [-0.4, -0.2) is 12.5 Å². The summed E-state index contributed by atoms with van der Waals surface area (Å²) in [6.07, 6.45) is 1.86. The maximum Gasteiger partial charge on any atom is 0.291 e. The van der Waals surface area contributed by atoms with E-state index in [2.05, 4.69) is 5.32 Å². The number of anilines is 1. The zero-order valence-electron chi connectivity index (χ0n) is 11.0. The summed E-state index contributed by atoms with van der Waals surface area (Å²) in [5.41, 5.74) is 7.43. The van der Waals surface area contributed by atoms with Gasteiger partial charge in [0.1, 0.15) is 5.76 Å². The van der Waals surface area contributed by atoms with E-state index in [9.17, 15) is 4.79 Å². The van der Waals surface area contributed by atoms with Gasteiger partial charge in [-0.25, -0.2) is 0 Å². The Morgan fingerprint density at radius 1 is 1.32 bits per heavy atom. The standard InChI is InChI=1S/C15H18N2O2/c1-11-7-8-14(19-11)15(18)17-13-6-2-4-12(10-13)5-3-9-16/h2,4,6-8,10H,3,5,9,16H2,1H3,(H,17,18). The number of benzene rings is 1. The Morgan fingerprint density at radius 2 is 2.16 bits per heavy atom. The molecule has 1 aromatic carbocycles. The predicted molar refractivity (Wildman–Crippen MR) is 75.2 cm³/mol. The molecule has 0 aliphatic heterocycles. The molecule has 2 rings (SSSR count). The second-order valence-electron chi connectivity index (χ2n) is 4.46. The quantitative estimate of drug-likeness (QED) is 0.866. The van der Waals surface area contributed by atoms with Gasteiger partial charge in [0, 0.05) is 5.69 Å². The number of furan rings is 1. The van der Waals surface area contributed by atoms with Crippen LogP contribution in [0.2, 0.25) is 0 Å². The van der Waals surface area contributed by atoms with Crippen LogP contribution in [0, 0.1) is 6.92 Å². The molecule has 4 nitrogen and oxygen atoms in total. The molecule has 0 radical (unpaired) electrons. The van der Waals surface area contributed by atoms with E-state index in [4.69, 9.17) is 10.2 Å². The van der Waals surface area contributed by atoms with Crippen molar-refractivity contribution in [2.45, 2.75) is 19.8 Å². The zero-order valence-corrected chi connectivity index (χ0v) is 11.0. The molecule has 1 heterocycles. The Morgan fingerprint density at radius 3 is 2.84 bits per heavy atom. The van der Waals surface area contributed by atoms with Crippen LogP contribution in [0.25, 0.3) is 0 Å². The topological polar surface area (TPSA) is 68.3 Å². The Labute approximate surface area is 112 Å². The Hall–Kier alpha value is -2.07. The summed E-state index contributed by atoms with van der Waals surface area (Å²) in [5.74, 6) is 0.816. The zero-order chi connectivity index (χ0) is 13.7. The number of rotatable bonds is 5. The first-order valence-corrected chi connectivity index (χ1v) is 6.36. The van der Waals surface area contributed by atoms with Gasteiger partial charge in [-0.05, 0) is 56.1 Å². The van der Waals surface area contributed by atoms with E-state index in [1.165, 1.54) is 5.56 Å². The Bertz CT molecular complexity index is 561. The van der Waals surface area contributed by atoms with Crippen molar-refractivity contribution in [2.75, 3.05) is 11.9 Å². The maximum atomic E-state index is 11.9. The fourth-order valence-electron chi connectivity index (χ4n) is 1.86. The molecule has 0 aliphatic rings. The van der Waals surface area contributed by atoms with Crippen molar-refractivity contribution in [3.8, 4) is 0 Å². The fraction of sp³-hybridized carbons (Fsp3) is 0.267. The molecule has 0 bridgehead atoms. The van der Waals surface area contributed by atoms with Gasteiger partial charge in [-0.3, -0.25) is 4.79 Å². The highest BCUT2D eigenvalue weighted by molar-refractivity contribution is 6.02. The van der Waals surface area contributed by atoms with Crippen molar-refractivity contribution < 1.29 is 9.21 Å². The van der Waals surface area contributed by atoms with Gasteiger partial charge in [-0.1, -0.05) is 12.1 Å². The highest BCUT2D eigenvalue weighted by Crippen LogP contribution is 2.14. The van der Waals surface area contributed by atoms with E-state index < -0.39 is 0 Å². The lowest BCUT2D eigenvalue weighted by Crippen LogP contribution is -2.11. The second kappa shape index (κ2) is 6.20. The molecular weight excluding hydrogens is 240 g/mol. The van der Waals surface area contributed by atoms with Crippen molar-refractivity contribution in [3.63, 3.8) is 0 Å². The number of nitrogens with one attached hydrogen (secondary N) is 1. The molecular formula is C15H18N2O2. The van der Waals surface area contributed by atoms with E-state index in [1.807, 2.05) is 31.2 Å². The monoisotopic (exact) mass is 258 g/mol. The third kappa shape index (κ3) is 3.69. The summed E-state index contributed by atoms with van der Waals surface area (Å²) in [4.78, 5) is 11.9. The number of hydrogen-bond donors (Lipinski definition) is 2. The number of amides is 1. The molecule has 0 saturated heterocycles. The average Bonchev–Trinajstić information content (AvgIpc) is 2.83. The SMILES string of the molecule is Cc1ccc(C(=O)Nc2cccc(CCCN)c2)o1. The van der Waals surface area contributed by atoms with E-state index in [1.54, 1.807) is 12.1 Å².